The Morgan fingerprint density at radius 1 is 1.12 bits per heavy atom. The normalized spacial score (nSPS) is 47.0. The smallest absolute Gasteiger partial charge is 0.302 e. The summed E-state index contributed by atoms with van der Waals surface area (Å²) in [4.78, 5) is 11.3. The van der Waals surface area contributed by atoms with Gasteiger partial charge in [0, 0.05) is 18.8 Å². The molecule has 0 unspecified atom stereocenters. The van der Waals surface area contributed by atoms with Crippen LogP contribution in [0.3, 0.4) is 0 Å². The zero-order valence-corrected chi connectivity index (χ0v) is 17.3. The van der Waals surface area contributed by atoms with Gasteiger partial charge in [0.25, 0.3) is 0 Å². The highest BCUT2D eigenvalue weighted by Crippen LogP contribution is 2.65. The van der Waals surface area contributed by atoms with E-state index in [0.29, 0.717) is 10.8 Å². The first kappa shape index (κ1) is 17.1. The van der Waals surface area contributed by atoms with E-state index in [1.165, 1.54) is 39.0 Å². The van der Waals surface area contributed by atoms with Gasteiger partial charge in [-0.05, 0) is 87.9 Å². The summed E-state index contributed by atoms with van der Waals surface area (Å²) in [5, 5.41) is 0. The fourth-order valence-corrected chi connectivity index (χ4v) is 7.40. The van der Waals surface area contributed by atoms with E-state index >= 15 is 0 Å². The summed E-state index contributed by atoms with van der Waals surface area (Å²) in [5.41, 5.74) is 2.37. The molecule has 2 fully saturated rings. The summed E-state index contributed by atoms with van der Waals surface area (Å²) < 4.78 is 7.14. The van der Waals surface area contributed by atoms with E-state index in [9.17, 15) is 4.79 Å². The predicted octanol–water partition coefficient (Wildman–Crippen LogP) is 5.81. The van der Waals surface area contributed by atoms with Crippen molar-refractivity contribution in [1.82, 2.24) is 0 Å². The molecule has 2 saturated carbocycles. The summed E-state index contributed by atoms with van der Waals surface area (Å²) in [6, 6.07) is 0. The van der Waals surface area contributed by atoms with Crippen molar-refractivity contribution < 1.29 is 9.53 Å². The monoisotopic (exact) mass is 440 g/mol. The summed E-state index contributed by atoms with van der Waals surface area (Å²) in [5.74, 6) is 2.37. The predicted molar refractivity (Wildman–Crippen MR) is 105 cm³/mol. The molecule has 3 heteroatoms. The summed E-state index contributed by atoms with van der Waals surface area (Å²) in [7, 11) is 0. The first-order chi connectivity index (χ1) is 11.3. The highest BCUT2D eigenvalue weighted by atomic mass is 127. The van der Waals surface area contributed by atoms with Crippen molar-refractivity contribution in [3.05, 3.63) is 21.3 Å². The lowest BCUT2D eigenvalue weighted by atomic mass is 9.48. The van der Waals surface area contributed by atoms with Crippen LogP contribution in [0.1, 0.15) is 65.7 Å². The lowest BCUT2D eigenvalue weighted by Crippen LogP contribution is -2.49. The Morgan fingerprint density at radius 3 is 2.62 bits per heavy atom. The van der Waals surface area contributed by atoms with Crippen molar-refractivity contribution in [3.8, 4) is 0 Å². The van der Waals surface area contributed by atoms with Crippen LogP contribution in [-0.4, -0.2) is 12.1 Å². The van der Waals surface area contributed by atoms with Gasteiger partial charge >= 0.3 is 5.97 Å². The molecule has 0 spiro atoms. The molecule has 2 nitrogen and oxygen atoms in total. The second-order valence-electron chi connectivity index (χ2n) is 8.98. The van der Waals surface area contributed by atoms with Crippen molar-refractivity contribution in [3.63, 3.8) is 0 Å². The van der Waals surface area contributed by atoms with E-state index in [1.807, 2.05) is 0 Å². The summed E-state index contributed by atoms with van der Waals surface area (Å²) >= 11 is 2.60. The molecule has 0 radical (unpaired) electrons. The van der Waals surface area contributed by atoms with Crippen molar-refractivity contribution >= 4 is 28.6 Å². The lowest BCUT2D eigenvalue weighted by Gasteiger charge is -2.57. The van der Waals surface area contributed by atoms with E-state index < -0.39 is 0 Å². The number of halogens is 1. The Bertz CT molecular complexity index is 621. The average molecular weight is 440 g/mol. The zero-order valence-electron chi connectivity index (χ0n) is 15.1. The van der Waals surface area contributed by atoms with Gasteiger partial charge in [0.1, 0.15) is 6.10 Å². The molecule has 0 aromatic rings. The van der Waals surface area contributed by atoms with Crippen LogP contribution in [-0.2, 0) is 9.53 Å². The minimum Gasteiger partial charge on any atom is -0.462 e. The van der Waals surface area contributed by atoms with Gasteiger partial charge in [-0.1, -0.05) is 31.6 Å². The van der Waals surface area contributed by atoms with Crippen LogP contribution >= 0.6 is 22.6 Å². The molecule has 0 saturated heterocycles. The molecule has 24 heavy (non-hydrogen) atoms. The number of fused-ring (bicyclic) bond motifs is 5. The molecule has 0 amide bonds. The third-order valence-electron chi connectivity index (χ3n) is 7.88. The SMILES string of the molecule is CC(=O)O[C@H]1CC[C@@]2(C)C(=CC[C@@H]3[C@H]4CC=C(I)[C@]4(C)CC[C@H]32)C1. The number of allylic oxidation sites excluding steroid dienone is 3. The number of hydrogen-bond acceptors (Lipinski definition) is 2. The number of ether oxygens (including phenoxy) is 1. The molecule has 0 aromatic carbocycles. The van der Waals surface area contributed by atoms with E-state index in [4.69, 9.17) is 4.74 Å². The third kappa shape index (κ3) is 2.44. The lowest BCUT2D eigenvalue weighted by molar-refractivity contribution is -0.148. The van der Waals surface area contributed by atoms with Gasteiger partial charge in [-0.25, -0.2) is 0 Å². The molecule has 6 atom stereocenters. The van der Waals surface area contributed by atoms with Crippen LogP contribution in [0.15, 0.2) is 21.3 Å². The Morgan fingerprint density at radius 2 is 1.88 bits per heavy atom. The van der Waals surface area contributed by atoms with E-state index in [0.717, 1.165) is 30.6 Å². The molecule has 0 aliphatic heterocycles. The van der Waals surface area contributed by atoms with Crippen LogP contribution < -0.4 is 0 Å². The van der Waals surface area contributed by atoms with Gasteiger partial charge in [0.15, 0.2) is 0 Å². The number of hydrogen-bond donors (Lipinski definition) is 0. The minimum absolute atomic E-state index is 0.112. The summed E-state index contributed by atoms with van der Waals surface area (Å²) in [6.07, 6.45) is 13.6. The molecule has 4 rings (SSSR count). The third-order valence-corrected chi connectivity index (χ3v) is 9.55. The Balaban J connectivity index is 1.59. The van der Waals surface area contributed by atoms with Crippen LogP contribution in [0.5, 0.6) is 0 Å². The fourth-order valence-electron chi connectivity index (χ4n) is 6.48. The molecule has 0 N–H and O–H groups in total. The van der Waals surface area contributed by atoms with Gasteiger partial charge in [-0.15, -0.1) is 0 Å². The van der Waals surface area contributed by atoms with E-state index in [2.05, 4.69) is 48.6 Å². The Labute approximate surface area is 159 Å². The highest BCUT2D eigenvalue weighted by Gasteiger charge is 2.56. The maximum absolute atomic E-state index is 11.3. The Hall–Kier alpha value is -0.320. The number of carbonyl (C=O) groups excluding carboxylic acids is 1. The zero-order chi connectivity index (χ0) is 17.1. The average Bonchev–Trinajstić information content (AvgIpc) is 2.83. The highest BCUT2D eigenvalue weighted by molar-refractivity contribution is 14.1. The Kier molecular flexibility index (Phi) is 4.17. The van der Waals surface area contributed by atoms with Gasteiger partial charge in [0.05, 0.1) is 0 Å². The maximum Gasteiger partial charge on any atom is 0.302 e. The topological polar surface area (TPSA) is 26.3 Å². The number of esters is 1. The van der Waals surface area contributed by atoms with Gasteiger partial charge < -0.3 is 4.74 Å². The summed E-state index contributed by atoms with van der Waals surface area (Å²) in [6.45, 7) is 6.56. The minimum atomic E-state index is -0.127. The van der Waals surface area contributed by atoms with Crippen LogP contribution in [0, 0.1) is 28.6 Å². The maximum atomic E-state index is 11.3. The fraction of sp³-hybridized carbons (Fsp3) is 0.762. The van der Waals surface area contributed by atoms with E-state index in [-0.39, 0.29) is 12.1 Å². The van der Waals surface area contributed by atoms with Gasteiger partial charge in [-0.2, -0.15) is 0 Å². The molecule has 0 heterocycles. The van der Waals surface area contributed by atoms with Gasteiger partial charge in [0.2, 0.25) is 0 Å². The molecular weight excluding hydrogens is 411 g/mol. The molecular formula is C21H29IO2. The first-order valence-corrected chi connectivity index (χ1v) is 10.7. The second-order valence-corrected chi connectivity index (χ2v) is 10.1. The largest absolute Gasteiger partial charge is 0.462 e. The molecule has 0 aromatic heterocycles. The van der Waals surface area contributed by atoms with Crippen molar-refractivity contribution in [2.24, 2.45) is 28.6 Å². The molecule has 132 valence electrons. The van der Waals surface area contributed by atoms with Gasteiger partial charge in [-0.3, -0.25) is 4.79 Å². The standard InChI is InChI=1S/C21H29IO2/c1-13(23)24-15-8-10-20(2)14(12-15)4-5-16-17-6-7-19(22)21(17,3)11-9-18(16)20/h4,7,15-18H,5-6,8-12H2,1-3H3/t15-,16+,17+,18+,20-,21+/m0/s1. The second kappa shape index (κ2) is 5.85. The molecule has 4 aliphatic rings. The molecule has 4 aliphatic carbocycles. The van der Waals surface area contributed by atoms with Crippen LogP contribution in [0.25, 0.3) is 0 Å². The van der Waals surface area contributed by atoms with E-state index in [1.54, 1.807) is 9.15 Å². The molecule has 0 bridgehead atoms. The number of carbonyl (C=O) groups is 1. The number of rotatable bonds is 1. The quantitative estimate of drug-likeness (QED) is 0.292. The van der Waals surface area contributed by atoms with Crippen LogP contribution in [0.2, 0.25) is 0 Å². The van der Waals surface area contributed by atoms with Crippen molar-refractivity contribution in [2.45, 2.75) is 71.8 Å². The first-order valence-electron chi connectivity index (χ1n) is 9.57. The van der Waals surface area contributed by atoms with Crippen molar-refractivity contribution in [2.75, 3.05) is 0 Å². The van der Waals surface area contributed by atoms with Crippen LogP contribution in [0.4, 0.5) is 0 Å². The van der Waals surface area contributed by atoms with Crippen molar-refractivity contribution in [1.29, 1.82) is 0 Å².